The van der Waals surface area contributed by atoms with Crippen LogP contribution in [0.15, 0.2) is 113 Å². The van der Waals surface area contributed by atoms with Crippen molar-refractivity contribution >= 4 is 11.7 Å². The first kappa shape index (κ1) is 27.5. The zero-order chi connectivity index (χ0) is 25.3. The summed E-state index contributed by atoms with van der Waals surface area (Å²) in [7, 11) is 3.61. The van der Waals surface area contributed by atoms with Crippen LogP contribution in [0.2, 0.25) is 0 Å². The average molecular weight is 466 g/mol. The summed E-state index contributed by atoms with van der Waals surface area (Å²) >= 11 is 0. The molecule has 0 aliphatic rings. The molecule has 0 aliphatic carbocycles. The third-order valence-electron chi connectivity index (χ3n) is 5.10. The van der Waals surface area contributed by atoms with Gasteiger partial charge in [-0.3, -0.25) is 9.98 Å². The van der Waals surface area contributed by atoms with Crippen LogP contribution in [-0.4, -0.2) is 25.8 Å². The normalized spacial score (nSPS) is 12.0. The van der Waals surface area contributed by atoms with E-state index >= 15 is 0 Å². The fraction of sp³-hybridized carbons (Fsp3) is 0.250. The number of allylic oxidation sites excluding steroid dienone is 4. The monoisotopic (exact) mass is 465 g/mol. The van der Waals surface area contributed by atoms with Gasteiger partial charge >= 0.3 is 0 Å². The molecule has 0 aromatic heterocycles. The fourth-order valence-corrected chi connectivity index (χ4v) is 3.45. The molecule has 0 atom stereocenters. The van der Waals surface area contributed by atoms with Crippen molar-refractivity contribution in [2.75, 3.05) is 14.1 Å². The number of aliphatic imine (C=N–C) groups is 2. The summed E-state index contributed by atoms with van der Waals surface area (Å²) in [6, 6.07) is 27.3. The lowest BCUT2D eigenvalue weighted by molar-refractivity contribution is 1.09. The maximum absolute atomic E-state index is 4.51. The Morgan fingerprint density at radius 1 is 0.686 bits per heavy atom. The molecule has 0 saturated heterocycles. The molecule has 3 aromatic carbocycles. The van der Waals surface area contributed by atoms with Gasteiger partial charge in [0, 0.05) is 25.2 Å². The van der Waals surface area contributed by atoms with Crippen LogP contribution in [0.3, 0.4) is 0 Å². The van der Waals surface area contributed by atoms with E-state index in [-0.39, 0.29) is 0 Å². The fourth-order valence-electron chi connectivity index (χ4n) is 3.45. The van der Waals surface area contributed by atoms with Gasteiger partial charge in [-0.2, -0.15) is 0 Å². The van der Waals surface area contributed by atoms with Gasteiger partial charge in [-0.05, 0) is 41.7 Å². The van der Waals surface area contributed by atoms with Gasteiger partial charge < -0.3 is 5.32 Å². The third kappa shape index (κ3) is 9.21. The molecule has 0 radical (unpaired) electrons. The van der Waals surface area contributed by atoms with Crippen molar-refractivity contribution < 1.29 is 0 Å². The number of amidine groups is 2. The van der Waals surface area contributed by atoms with E-state index in [1.807, 2.05) is 6.07 Å². The molecule has 0 bridgehead atoms. The zero-order valence-electron chi connectivity index (χ0n) is 21.8. The van der Waals surface area contributed by atoms with Gasteiger partial charge in [0.15, 0.2) is 0 Å². The third-order valence-corrected chi connectivity index (χ3v) is 5.10. The summed E-state index contributed by atoms with van der Waals surface area (Å²) in [5.74, 6) is 1.59. The lowest BCUT2D eigenvalue weighted by Gasteiger charge is -2.14. The second kappa shape index (κ2) is 16.0. The Hall–Kier alpha value is -3.72. The molecular formula is C32H39N3. The number of rotatable bonds is 7. The molecule has 1 N–H and O–H groups in total. The Morgan fingerprint density at radius 2 is 1.26 bits per heavy atom. The van der Waals surface area contributed by atoms with Crippen molar-refractivity contribution in [3.8, 4) is 11.1 Å². The van der Waals surface area contributed by atoms with E-state index in [4.69, 9.17) is 0 Å². The summed E-state index contributed by atoms with van der Waals surface area (Å²) in [6.07, 6.45) is 11.7. The van der Waals surface area contributed by atoms with E-state index in [1.54, 1.807) is 14.1 Å². The molecule has 182 valence electrons. The van der Waals surface area contributed by atoms with Crippen LogP contribution in [0, 0.1) is 0 Å². The maximum atomic E-state index is 4.51. The molecule has 35 heavy (non-hydrogen) atoms. The Labute approximate surface area is 212 Å². The van der Waals surface area contributed by atoms with Crippen molar-refractivity contribution in [1.82, 2.24) is 5.32 Å². The highest BCUT2D eigenvalue weighted by Crippen LogP contribution is 2.20. The summed E-state index contributed by atoms with van der Waals surface area (Å²) in [5.41, 5.74) is 5.66. The van der Waals surface area contributed by atoms with Gasteiger partial charge in [-0.1, -0.05) is 118 Å². The summed E-state index contributed by atoms with van der Waals surface area (Å²) in [4.78, 5) is 9.02. The molecule has 0 aliphatic heterocycles. The molecular weight excluding hydrogens is 426 g/mol. The highest BCUT2D eigenvalue weighted by Gasteiger charge is 2.10. The Kier molecular flexibility index (Phi) is 12.6. The molecule has 0 fully saturated rings. The van der Waals surface area contributed by atoms with Gasteiger partial charge in [0.2, 0.25) is 0 Å². The molecule has 3 aromatic rings. The SMILES string of the molecule is CC/C=C\C=C/Cc1cccc(C(=NC)NC(=NC)c2cccc(-c3ccccc3)c2)c1.CCC. The first-order valence-electron chi connectivity index (χ1n) is 12.4. The highest BCUT2D eigenvalue weighted by atomic mass is 15.0. The predicted molar refractivity (Wildman–Crippen MR) is 155 cm³/mol. The van der Waals surface area contributed by atoms with Gasteiger partial charge in [-0.15, -0.1) is 0 Å². The Balaban J connectivity index is 0.00000137. The maximum Gasteiger partial charge on any atom is 0.133 e. The molecule has 3 nitrogen and oxygen atoms in total. The van der Waals surface area contributed by atoms with Gasteiger partial charge in [-0.25, -0.2) is 0 Å². The number of nitrogens with one attached hydrogen (secondary N) is 1. The van der Waals surface area contributed by atoms with Crippen molar-refractivity contribution in [2.45, 2.75) is 40.0 Å². The summed E-state index contributed by atoms with van der Waals surface area (Å²) in [5, 5.41) is 3.45. The molecule has 3 rings (SSSR count). The standard InChI is InChI=1S/C29H31N3.C3H8/c1-4-5-6-7-9-14-23-15-12-19-26(21-23)28(30-2)32-29(31-3)27-20-13-18-25(22-27)24-16-10-8-11-17-24;1-3-2/h5-13,15-22H,4,14H2,1-3H3,(H,30,31,32);3H2,1-2H3/b6-5-,9-7-;. The predicted octanol–water partition coefficient (Wildman–Crippen LogP) is 7.88. The van der Waals surface area contributed by atoms with Gasteiger partial charge in [0.25, 0.3) is 0 Å². The lowest BCUT2D eigenvalue weighted by atomic mass is 10.0. The summed E-state index contributed by atoms with van der Waals surface area (Å²) < 4.78 is 0. The number of hydrogen-bond acceptors (Lipinski definition) is 2. The Bertz CT molecular complexity index is 1140. The van der Waals surface area contributed by atoms with E-state index in [1.165, 1.54) is 17.5 Å². The molecule has 0 saturated carbocycles. The minimum atomic E-state index is 0.790. The molecule has 0 spiro atoms. The van der Waals surface area contributed by atoms with Crippen LogP contribution < -0.4 is 5.32 Å². The summed E-state index contributed by atoms with van der Waals surface area (Å²) in [6.45, 7) is 6.39. The topological polar surface area (TPSA) is 36.8 Å². The second-order valence-electron chi connectivity index (χ2n) is 8.09. The minimum Gasteiger partial charge on any atom is -0.325 e. The van der Waals surface area contributed by atoms with Crippen molar-refractivity contribution in [1.29, 1.82) is 0 Å². The minimum absolute atomic E-state index is 0.790. The van der Waals surface area contributed by atoms with E-state index in [0.29, 0.717) is 0 Å². The first-order chi connectivity index (χ1) is 17.2. The second-order valence-corrected chi connectivity index (χ2v) is 8.09. The van der Waals surface area contributed by atoms with Crippen LogP contribution in [0.25, 0.3) is 11.1 Å². The zero-order valence-corrected chi connectivity index (χ0v) is 21.8. The Morgan fingerprint density at radius 3 is 1.89 bits per heavy atom. The van der Waals surface area contributed by atoms with Crippen LogP contribution in [0.1, 0.15) is 50.3 Å². The van der Waals surface area contributed by atoms with Crippen molar-refractivity contribution in [2.24, 2.45) is 9.98 Å². The van der Waals surface area contributed by atoms with Crippen LogP contribution >= 0.6 is 0 Å². The largest absolute Gasteiger partial charge is 0.325 e. The molecule has 3 heteroatoms. The van der Waals surface area contributed by atoms with Gasteiger partial charge in [0.05, 0.1) is 0 Å². The van der Waals surface area contributed by atoms with Crippen LogP contribution in [0.5, 0.6) is 0 Å². The first-order valence-corrected chi connectivity index (χ1v) is 12.4. The number of benzene rings is 3. The van der Waals surface area contributed by atoms with Crippen LogP contribution in [0.4, 0.5) is 0 Å². The van der Waals surface area contributed by atoms with Crippen molar-refractivity contribution in [3.63, 3.8) is 0 Å². The number of hydrogen-bond donors (Lipinski definition) is 1. The molecule has 0 unspecified atom stereocenters. The van der Waals surface area contributed by atoms with E-state index in [0.717, 1.165) is 41.2 Å². The lowest BCUT2D eigenvalue weighted by Crippen LogP contribution is -2.32. The quantitative estimate of drug-likeness (QED) is 0.215. The molecule has 0 amide bonds. The average Bonchev–Trinajstić information content (AvgIpc) is 2.90. The molecule has 0 heterocycles. The van der Waals surface area contributed by atoms with Crippen LogP contribution in [-0.2, 0) is 6.42 Å². The van der Waals surface area contributed by atoms with E-state index < -0.39 is 0 Å². The number of nitrogens with zero attached hydrogens (tertiary/aromatic N) is 2. The van der Waals surface area contributed by atoms with E-state index in [9.17, 15) is 0 Å². The highest BCUT2D eigenvalue weighted by molar-refractivity contribution is 6.15. The smallest absolute Gasteiger partial charge is 0.133 e. The van der Waals surface area contributed by atoms with Gasteiger partial charge in [0.1, 0.15) is 11.7 Å². The van der Waals surface area contributed by atoms with E-state index in [2.05, 4.69) is 133 Å². The van der Waals surface area contributed by atoms with Crippen molar-refractivity contribution in [3.05, 3.63) is 120 Å².